The molecule has 3 rings (SSSR count). The minimum absolute atomic E-state index is 0.669. The quantitative estimate of drug-likeness (QED) is 0.697. The lowest BCUT2D eigenvalue weighted by Gasteiger charge is -2.16. The second-order valence-corrected chi connectivity index (χ2v) is 4.70. The monoisotopic (exact) mass is 203 g/mol. The van der Waals surface area contributed by atoms with Gasteiger partial charge < -0.3 is 10.1 Å². The van der Waals surface area contributed by atoms with E-state index >= 15 is 0 Å². The number of rotatable bonds is 0. The van der Waals surface area contributed by atoms with Crippen molar-refractivity contribution in [1.82, 2.24) is 5.32 Å². The van der Waals surface area contributed by atoms with Crippen LogP contribution in [-0.2, 0) is 0 Å². The molecule has 1 N–H and O–H groups in total. The fraction of sp³-hybridized carbons (Fsp3) is 0.538. The molecular weight excluding hydrogens is 186 g/mol. The van der Waals surface area contributed by atoms with Gasteiger partial charge >= 0.3 is 0 Å². The number of hydrogen-bond acceptors (Lipinski definition) is 2. The molecule has 2 nitrogen and oxygen atoms in total. The zero-order valence-corrected chi connectivity index (χ0v) is 9.12. The van der Waals surface area contributed by atoms with Crippen LogP contribution >= 0.6 is 0 Å². The molecule has 15 heavy (non-hydrogen) atoms. The summed E-state index contributed by atoms with van der Waals surface area (Å²) in [5.41, 5.74) is 2.76. The van der Waals surface area contributed by atoms with Gasteiger partial charge in [0, 0.05) is 12.5 Å². The Balaban J connectivity index is 2.06. The summed E-state index contributed by atoms with van der Waals surface area (Å²) >= 11 is 0. The zero-order chi connectivity index (χ0) is 10.3. The Kier molecular flexibility index (Phi) is 2.17. The fourth-order valence-corrected chi connectivity index (χ4v) is 2.81. The lowest BCUT2D eigenvalue weighted by molar-refractivity contribution is 0.296. The Bertz CT molecular complexity index is 375. The van der Waals surface area contributed by atoms with E-state index in [1.165, 1.54) is 17.5 Å². The Morgan fingerprint density at radius 1 is 1.33 bits per heavy atom. The van der Waals surface area contributed by atoms with E-state index in [1.54, 1.807) is 0 Å². The highest BCUT2D eigenvalue weighted by atomic mass is 16.5. The van der Waals surface area contributed by atoms with E-state index in [2.05, 4.69) is 30.4 Å². The summed E-state index contributed by atoms with van der Waals surface area (Å²) in [7, 11) is 0. The number of aryl methyl sites for hydroxylation is 1. The molecule has 2 aliphatic rings. The minimum Gasteiger partial charge on any atom is -0.493 e. The molecule has 1 saturated heterocycles. The maximum atomic E-state index is 5.81. The molecule has 0 aliphatic carbocycles. The first-order chi connectivity index (χ1) is 7.34. The summed E-state index contributed by atoms with van der Waals surface area (Å²) in [6.45, 7) is 5.30. The Morgan fingerprint density at radius 3 is 3.20 bits per heavy atom. The van der Waals surface area contributed by atoms with Crippen molar-refractivity contribution in [3.8, 4) is 5.75 Å². The first kappa shape index (κ1) is 9.22. The molecule has 0 unspecified atom stereocenters. The molecule has 0 radical (unpaired) electrons. The van der Waals surface area contributed by atoms with Crippen molar-refractivity contribution >= 4 is 0 Å². The van der Waals surface area contributed by atoms with Gasteiger partial charge in [-0.05, 0) is 37.4 Å². The van der Waals surface area contributed by atoms with E-state index in [0.29, 0.717) is 5.92 Å². The summed E-state index contributed by atoms with van der Waals surface area (Å²) in [5, 5.41) is 3.50. The van der Waals surface area contributed by atoms with Crippen molar-refractivity contribution < 1.29 is 4.74 Å². The standard InChI is InChI=1S/C13H17NO/c1-9-2-3-13-11(6-9)12-8-14-7-10(12)4-5-15-13/h2-3,6,10,12,14H,4-5,7-8H2,1H3/t10-,12-/m1/s1. The maximum Gasteiger partial charge on any atom is 0.122 e. The first-order valence-electron chi connectivity index (χ1n) is 5.78. The Labute approximate surface area is 90.6 Å². The first-order valence-corrected chi connectivity index (χ1v) is 5.78. The predicted molar refractivity (Wildman–Crippen MR) is 60.4 cm³/mol. The SMILES string of the molecule is Cc1ccc2c(c1)[C@@H]1CNC[C@H]1CCO2. The van der Waals surface area contributed by atoms with Crippen molar-refractivity contribution in [3.63, 3.8) is 0 Å². The van der Waals surface area contributed by atoms with Gasteiger partial charge in [-0.25, -0.2) is 0 Å². The molecule has 2 heteroatoms. The van der Waals surface area contributed by atoms with E-state index in [1.807, 2.05) is 0 Å². The normalized spacial score (nSPS) is 28.9. The lowest BCUT2D eigenvalue weighted by Crippen LogP contribution is -2.11. The molecule has 1 aromatic carbocycles. The Hall–Kier alpha value is -1.02. The third kappa shape index (κ3) is 1.53. The number of ether oxygens (including phenoxy) is 1. The van der Waals surface area contributed by atoms with Crippen molar-refractivity contribution in [1.29, 1.82) is 0 Å². The van der Waals surface area contributed by atoms with Crippen LogP contribution in [0.5, 0.6) is 5.75 Å². The van der Waals surface area contributed by atoms with Crippen LogP contribution in [0.15, 0.2) is 18.2 Å². The predicted octanol–water partition coefficient (Wildman–Crippen LogP) is 2.08. The molecule has 0 bridgehead atoms. The molecule has 0 aromatic heterocycles. The van der Waals surface area contributed by atoms with Crippen LogP contribution in [0.25, 0.3) is 0 Å². The van der Waals surface area contributed by atoms with E-state index < -0.39 is 0 Å². The van der Waals surface area contributed by atoms with E-state index in [-0.39, 0.29) is 0 Å². The highest BCUT2D eigenvalue weighted by Crippen LogP contribution is 2.38. The topological polar surface area (TPSA) is 21.3 Å². The van der Waals surface area contributed by atoms with Gasteiger partial charge in [0.2, 0.25) is 0 Å². The molecule has 1 fully saturated rings. The van der Waals surface area contributed by atoms with E-state index in [9.17, 15) is 0 Å². The smallest absolute Gasteiger partial charge is 0.122 e. The van der Waals surface area contributed by atoms with Crippen LogP contribution in [0.1, 0.15) is 23.5 Å². The van der Waals surface area contributed by atoms with Crippen LogP contribution in [0.4, 0.5) is 0 Å². The van der Waals surface area contributed by atoms with Gasteiger partial charge in [-0.1, -0.05) is 17.7 Å². The highest BCUT2D eigenvalue weighted by molar-refractivity contribution is 5.41. The lowest BCUT2D eigenvalue weighted by atomic mass is 9.87. The second-order valence-electron chi connectivity index (χ2n) is 4.70. The number of nitrogens with one attached hydrogen (secondary N) is 1. The molecule has 1 aromatic rings. The molecule has 2 heterocycles. The number of hydrogen-bond donors (Lipinski definition) is 1. The van der Waals surface area contributed by atoms with Crippen molar-refractivity contribution in [3.05, 3.63) is 29.3 Å². The molecule has 0 saturated carbocycles. The molecule has 80 valence electrons. The van der Waals surface area contributed by atoms with Crippen molar-refractivity contribution in [2.75, 3.05) is 19.7 Å². The third-order valence-corrected chi connectivity index (χ3v) is 3.65. The van der Waals surface area contributed by atoms with Crippen LogP contribution in [0.3, 0.4) is 0 Å². The van der Waals surface area contributed by atoms with Crippen LogP contribution in [-0.4, -0.2) is 19.7 Å². The minimum atomic E-state index is 0.669. The molecule has 2 atom stereocenters. The molecule has 0 spiro atoms. The van der Waals surface area contributed by atoms with Gasteiger partial charge in [0.1, 0.15) is 5.75 Å². The number of fused-ring (bicyclic) bond motifs is 3. The van der Waals surface area contributed by atoms with Gasteiger partial charge in [0.05, 0.1) is 6.61 Å². The average Bonchev–Trinajstić information content (AvgIpc) is 2.62. The second kappa shape index (κ2) is 3.53. The van der Waals surface area contributed by atoms with Crippen LogP contribution in [0, 0.1) is 12.8 Å². The fourth-order valence-electron chi connectivity index (χ4n) is 2.81. The zero-order valence-electron chi connectivity index (χ0n) is 9.12. The molecule has 0 amide bonds. The van der Waals surface area contributed by atoms with Gasteiger partial charge in [-0.2, -0.15) is 0 Å². The molecule has 2 aliphatic heterocycles. The van der Waals surface area contributed by atoms with E-state index in [4.69, 9.17) is 4.74 Å². The van der Waals surface area contributed by atoms with Gasteiger partial charge in [0.15, 0.2) is 0 Å². The average molecular weight is 203 g/mol. The molecular formula is C13H17NO. The summed E-state index contributed by atoms with van der Waals surface area (Å²) in [6, 6.07) is 6.57. The van der Waals surface area contributed by atoms with Gasteiger partial charge in [-0.3, -0.25) is 0 Å². The third-order valence-electron chi connectivity index (χ3n) is 3.65. The van der Waals surface area contributed by atoms with Crippen molar-refractivity contribution in [2.45, 2.75) is 19.3 Å². The highest BCUT2D eigenvalue weighted by Gasteiger charge is 2.32. The van der Waals surface area contributed by atoms with Crippen LogP contribution < -0.4 is 10.1 Å². The van der Waals surface area contributed by atoms with E-state index in [0.717, 1.165) is 31.4 Å². The van der Waals surface area contributed by atoms with Crippen molar-refractivity contribution in [2.24, 2.45) is 5.92 Å². The summed E-state index contributed by atoms with van der Waals surface area (Å²) in [6.07, 6.45) is 1.19. The van der Waals surface area contributed by atoms with Gasteiger partial charge in [0.25, 0.3) is 0 Å². The summed E-state index contributed by atoms with van der Waals surface area (Å²) in [4.78, 5) is 0. The maximum absolute atomic E-state index is 5.81. The Morgan fingerprint density at radius 2 is 2.27 bits per heavy atom. The van der Waals surface area contributed by atoms with Gasteiger partial charge in [-0.15, -0.1) is 0 Å². The number of benzene rings is 1. The van der Waals surface area contributed by atoms with Crippen LogP contribution in [0.2, 0.25) is 0 Å². The summed E-state index contributed by atoms with van der Waals surface area (Å²) in [5.74, 6) is 2.55. The summed E-state index contributed by atoms with van der Waals surface area (Å²) < 4.78 is 5.81. The largest absolute Gasteiger partial charge is 0.493 e.